The fourth-order valence-electron chi connectivity index (χ4n) is 1.72. The fraction of sp³-hybridized carbons (Fsp3) is 0.308. The van der Waals surface area contributed by atoms with Gasteiger partial charge in [-0.1, -0.05) is 6.07 Å². The van der Waals surface area contributed by atoms with Crippen LogP contribution in [0.5, 0.6) is 5.75 Å². The van der Waals surface area contributed by atoms with Gasteiger partial charge in [-0.25, -0.2) is 4.79 Å². The summed E-state index contributed by atoms with van der Waals surface area (Å²) in [6, 6.07) is 6.43. The maximum Gasteiger partial charge on any atom is 0.341 e. The minimum absolute atomic E-state index is 0.00600. The average Bonchev–Trinajstić information content (AvgIpc) is 2.82. The quantitative estimate of drug-likeness (QED) is 0.800. The van der Waals surface area contributed by atoms with Crippen LogP contribution in [0.25, 0.3) is 0 Å². The molecule has 0 aliphatic carbocycles. The Bertz CT molecular complexity index is 563. The molecule has 1 aromatic rings. The van der Waals surface area contributed by atoms with Crippen LogP contribution in [0.4, 0.5) is 5.69 Å². The molecular weight excluding hydrogens is 296 g/mol. The standard InChI is InChI=1S/C13H14N2O5S/c16-11(5-15-8-21-7-12(15)17)14-9-2-1-3-10(4-9)20-6-13(18)19/h1-4H,5-8H2,(H,14,16)(H,18,19). The van der Waals surface area contributed by atoms with Crippen molar-refractivity contribution in [2.45, 2.75) is 0 Å². The SMILES string of the molecule is O=C(O)COc1cccc(NC(=O)CN2CSCC2=O)c1. The minimum atomic E-state index is -1.07. The summed E-state index contributed by atoms with van der Waals surface area (Å²) in [5.41, 5.74) is 0.488. The van der Waals surface area contributed by atoms with Crippen molar-refractivity contribution in [2.24, 2.45) is 0 Å². The Morgan fingerprint density at radius 2 is 2.24 bits per heavy atom. The molecule has 2 rings (SSSR count). The molecule has 1 aliphatic heterocycles. The first-order chi connectivity index (χ1) is 10.0. The normalized spacial score (nSPS) is 14.1. The third-order valence-corrected chi connectivity index (χ3v) is 3.59. The highest BCUT2D eigenvalue weighted by molar-refractivity contribution is 8.00. The Morgan fingerprint density at radius 1 is 1.43 bits per heavy atom. The Labute approximate surface area is 125 Å². The maximum absolute atomic E-state index is 11.8. The molecule has 1 aliphatic rings. The van der Waals surface area contributed by atoms with Crippen molar-refractivity contribution < 1.29 is 24.2 Å². The molecule has 1 fully saturated rings. The van der Waals surface area contributed by atoms with E-state index in [1.807, 2.05) is 0 Å². The van der Waals surface area contributed by atoms with E-state index in [1.165, 1.54) is 22.7 Å². The lowest BCUT2D eigenvalue weighted by atomic mass is 10.3. The van der Waals surface area contributed by atoms with E-state index in [0.717, 1.165) is 0 Å². The van der Waals surface area contributed by atoms with Gasteiger partial charge < -0.3 is 20.1 Å². The second-order valence-electron chi connectivity index (χ2n) is 4.33. The monoisotopic (exact) mass is 310 g/mol. The highest BCUT2D eigenvalue weighted by Crippen LogP contribution is 2.18. The molecule has 0 atom stereocenters. The Morgan fingerprint density at radius 3 is 2.90 bits per heavy atom. The van der Waals surface area contributed by atoms with Gasteiger partial charge in [-0.05, 0) is 12.1 Å². The molecule has 1 heterocycles. The molecule has 0 bridgehead atoms. The van der Waals surface area contributed by atoms with Gasteiger partial charge in [0.25, 0.3) is 0 Å². The predicted molar refractivity (Wildman–Crippen MR) is 77.2 cm³/mol. The summed E-state index contributed by atoms with van der Waals surface area (Å²) >= 11 is 1.47. The number of nitrogens with one attached hydrogen (secondary N) is 1. The first-order valence-electron chi connectivity index (χ1n) is 6.14. The van der Waals surface area contributed by atoms with Crippen LogP contribution >= 0.6 is 11.8 Å². The first-order valence-corrected chi connectivity index (χ1v) is 7.30. The van der Waals surface area contributed by atoms with Crippen molar-refractivity contribution in [3.63, 3.8) is 0 Å². The molecule has 0 saturated carbocycles. The van der Waals surface area contributed by atoms with E-state index in [4.69, 9.17) is 9.84 Å². The number of ether oxygens (including phenoxy) is 1. The van der Waals surface area contributed by atoms with Crippen LogP contribution in [0.15, 0.2) is 24.3 Å². The van der Waals surface area contributed by atoms with E-state index >= 15 is 0 Å². The summed E-state index contributed by atoms with van der Waals surface area (Å²) < 4.78 is 5.02. The molecule has 7 nitrogen and oxygen atoms in total. The van der Waals surface area contributed by atoms with Crippen molar-refractivity contribution in [3.05, 3.63) is 24.3 Å². The highest BCUT2D eigenvalue weighted by atomic mass is 32.2. The van der Waals surface area contributed by atoms with Crippen molar-refractivity contribution in [3.8, 4) is 5.75 Å². The summed E-state index contributed by atoms with van der Waals surface area (Å²) in [6.45, 7) is -0.442. The van der Waals surface area contributed by atoms with Gasteiger partial charge in [0.05, 0.1) is 11.6 Å². The van der Waals surface area contributed by atoms with Gasteiger partial charge in [-0.15, -0.1) is 11.8 Å². The predicted octanol–water partition coefficient (Wildman–Crippen LogP) is 0.621. The van der Waals surface area contributed by atoms with Gasteiger partial charge >= 0.3 is 5.97 Å². The zero-order valence-corrected chi connectivity index (χ0v) is 11.9. The smallest absolute Gasteiger partial charge is 0.341 e. The van der Waals surface area contributed by atoms with E-state index < -0.39 is 12.6 Å². The molecule has 2 N–H and O–H groups in total. The van der Waals surface area contributed by atoms with E-state index in [0.29, 0.717) is 23.1 Å². The third-order valence-electron chi connectivity index (χ3n) is 2.64. The van der Waals surface area contributed by atoms with Gasteiger partial charge in [0.2, 0.25) is 11.8 Å². The summed E-state index contributed by atoms with van der Waals surface area (Å²) in [6.07, 6.45) is 0. The summed E-state index contributed by atoms with van der Waals surface area (Å²) in [7, 11) is 0. The third kappa shape index (κ3) is 4.67. The van der Waals surface area contributed by atoms with Gasteiger partial charge in [-0.2, -0.15) is 0 Å². The lowest BCUT2D eigenvalue weighted by Gasteiger charge is -2.14. The lowest BCUT2D eigenvalue weighted by Crippen LogP contribution is -2.34. The van der Waals surface area contributed by atoms with Crippen LogP contribution in [0.1, 0.15) is 0 Å². The van der Waals surface area contributed by atoms with Crippen LogP contribution in [-0.2, 0) is 14.4 Å². The van der Waals surface area contributed by atoms with Crippen LogP contribution < -0.4 is 10.1 Å². The lowest BCUT2D eigenvalue weighted by molar-refractivity contribution is -0.139. The molecule has 21 heavy (non-hydrogen) atoms. The number of carboxylic acid groups (broad SMARTS) is 1. The molecule has 1 aromatic carbocycles. The number of nitrogens with zero attached hydrogens (tertiary/aromatic N) is 1. The number of aliphatic carboxylic acids is 1. The van der Waals surface area contributed by atoms with Gasteiger partial charge in [0, 0.05) is 11.8 Å². The maximum atomic E-state index is 11.8. The van der Waals surface area contributed by atoms with Gasteiger partial charge in [0.15, 0.2) is 6.61 Å². The number of thioether (sulfide) groups is 1. The summed E-state index contributed by atoms with van der Waals surface area (Å²) in [5, 5.41) is 11.2. The van der Waals surface area contributed by atoms with E-state index in [9.17, 15) is 14.4 Å². The van der Waals surface area contributed by atoms with Crippen molar-refractivity contribution in [2.75, 3.05) is 30.1 Å². The van der Waals surface area contributed by atoms with Crippen molar-refractivity contribution in [1.29, 1.82) is 0 Å². The van der Waals surface area contributed by atoms with E-state index in [1.54, 1.807) is 18.2 Å². The molecule has 112 valence electrons. The molecule has 2 amide bonds. The molecule has 0 unspecified atom stereocenters. The van der Waals surface area contributed by atoms with E-state index in [2.05, 4.69) is 5.32 Å². The Balaban J connectivity index is 1.89. The van der Waals surface area contributed by atoms with Gasteiger partial charge in [0.1, 0.15) is 12.3 Å². The molecule has 0 aromatic heterocycles. The molecular formula is C13H14N2O5S. The van der Waals surface area contributed by atoms with Gasteiger partial charge in [-0.3, -0.25) is 9.59 Å². The number of hydrogen-bond acceptors (Lipinski definition) is 5. The number of benzene rings is 1. The zero-order valence-electron chi connectivity index (χ0n) is 11.1. The van der Waals surface area contributed by atoms with Crippen LogP contribution in [-0.4, -0.2) is 52.6 Å². The molecule has 8 heteroatoms. The zero-order chi connectivity index (χ0) is 15.2. The number of anilines is 1. The summed E-state index contributed by atoms with van der Waals surface area (Å²) in [4.78, 5) is 35.2. The number of rotatable bonds is 6. The minimum Gasteiger partial charge on any atom is -0.482 e. The van der Waals surface area contributed by atoms with Crippen molar-refractivity contribution in [1.82, 2.24) is 4.90 Å². The summed E-state index contributed by atoms with van der Waals surface area (Å²) in [5.74, 6) is -0.146. The number of carboxylic acids is 1. The van der Waals surface area contributed by atoms with Crippen LogP contribution in [0.2, 0.25) is 0 Å². The molecule has 0 radical (unpaired) electrons. The highest BCUT2D eigenvalue weighted by Gasteiger charge is 2.22. The Hall–Kier alpha value is -2.22. The number of carbonyl (C=O) groups is 3. The number of carbonyl (C=O) groups excluding carboxylic acids is 2. The second kappa shape index (κ2) is 6.98. The van der Waals surface area contributed by atoms with Crippen LogP contribution in [0.3, 0.4) is 0 Å². The van der Waals surface area contributed by atoms with Crippen molar-refractivity contribution >= 4 is 35.2 Å². The fourth-order valence-corrected chi connectivity index (χ4v) is 2.63. The van der Waals surface area contributed by atoms with Crippen LogP contribution in [0, 0.1) is 0 Å². The first kappa shape index (κ1) is 15.2. The average molecular weight is 310 g/mol. The number of amides is 2. The van der Waals surface area contributed by atoms with E-state index in [-0.39, 0.29) is 18.4 Å². The number of hydrogen-bond donors (Lipinski definition) is 2. The second-order valence-corrected chi connectivity index (χ2v) is 5.28. The molecule has 1 saturated heterocycles. The largest absolute Gasteiger partial charge is 0.482 e. The molecule has 0 spiro atoms. The Kier molecular flexibility index (Phi) is 5.04. The topological polar surface area (TPSA) is 95.9 Å².